The molecular formula is C12H20N4O8S2. The van der Waals surface area contributed by atoms with Crippen molar-refractivity contribution in [1.29, 1.82) is 0 Å². The second-order valence-corrected chi connectivity index (χ2v) is 5.76. The average molecular weight is 412 g/mol. The second kappa shape index (κ2) is 10.7. The van der Waals surface area contributed by atoms with Crippen LogP contribution in [0.5, 0.6) is 0 Å². The molecule has 0 radical (unpaired) electrons. The van der Waals surface area contributed by atoms with Crippen LogP contribution in [-0.2, 0) is 18.9 Å². The summed E-state index contributed by atoms with van der Waals surface area (Å²) >= 11 is 0.798. The summed E-state index contributed by atoms with van der Waals surface area (Å²) < 4.78 is 22.3. The molecule has 0 aromatic heterocycles. The van der Waals surface area contributed by atoms with Gasteiger partial charge in [0.15, 0.2) is 0 Å². The quantitative estimate of drug-likeness (QED) is 0.504. The first-order valence-electron chi connectivity index (χ1n) is 7.64. The lowest BCUT2D eigenvalue weighted by Crippen LogP contribution is -2.56. The molecule has 1 saturated heterocycles. The van der Waals surface area contributed by atoms with Crippen molar-refractivity contribution in [3.05, 3.63) is 0 Å². The third kappa shape index (κ3) is 5.39. The fourth-order valence-corrected chi connectivity index (χ4v) is 3.08. The molecule has 1 aliphatic rings. The Morgan fingerprint density at radius 2 is 0.731 bits per heavy atom. The van der Waals surface area contributed by atoms with Crippen LogP contribution in [0, 0.1) is 0 Å². The lowest BCUT2D eigenvalue weighted by atomic mass is 10.9. The van der Waals surface area contributed by atoms with Gasteiger partial charge in [-0.15, -0.1) is 17.7 Å². The summed E-state index contributed by atoms with van der Waals surface area (Å²) in [5, 5.41) is 0. The van der Waals surface area contributed by atoms with Crippen molar-refractivity contribution >= 4 is 48.6 Å². The van der Waals surface area contributed by atoms with Crippen molar-refractivity contribution in [2.24, 2.45) is 0 Å². The average Bonchev–Trinajstić information content (AvgIpc) is 2.61. The zero-order valence-electron chi connectivity index (χ0n) is 14.7. The largest absolute Gasteiger partial charge is 0.448 e. The molecule has 12 nitrogen and oxygen atoms in total. The van der Waals surface area contributed by atoms with Gasteiger partial charge in [-0.3, -0.25) is 0 Å². The molecule has 1 fully saturated rings. The second-order valence-electron chi connectivity index (χ2n) is 4.05. The first-order valence-corrected chi connectivity index (χ1v) is 9.10. The minimum atomic E-state index is -0.948. The Morgan fingerprint density at radius 3 is 0.885 bits per heavy atom. The normalized spacial score (nSPS) is 14.0. The number of rotatable bonds is 4. The van der Waals surface area contributed by atoms with E-state index < -0.39 is 24.4 Å². The molecule has 0 atom stereocenters. The Morgan fingerprint density at radius 1 is 0.538 bits per heavy atom. The third-order valence-corrected chi connectivity index (χ3v) is 4.41. The fourth-order valence-electron chi connectivity index (χ4n) is 1.42. The van der Waals surface area contributed by atoms with E-state index in [1.165, 1.54) is 0 Å². The molecule has 0 aromatic carbocycles. The van der Waals surface area contributed by atoms with Crippen LogP contribution in [0.15, 0.2) is 0 Å². The van der Waals surface area contributed by atoms with Gasteiger partial charge in [-0.1, -0.05) is 0 Å². The summed E-state index contributed by atoms with van der Waals surface area (Å²) in [6.45, 7) is 6.39. The molecule has 4 amide bonds. The van der Waals surface area contributed by atoms with Crippen LogP contribution in [0.2, 0.25) is 0 Å². The van der Waals surface area contributed by atoms with E-state index in [9.17, 15) is 19.2 Å². The van der Waals surface area contributed by atoms with Crippen molar-refractivity contribution < 1.29 is 38.1 Å². The molecule has 0 bridgehead atoms. The first-order chi connectivity index (χ1) is 12.4. The van der Waals surface area contributed by atoms with Crippen molar-refractivity contribution in [1.82, 2.24) is 17.7 Å². The van der Waals surface area contributed by atoms with E-state index in [0.29, 0.717) is 24.3 Å². The Hall–Kier alpha value is -2.22. The van der Waals surface area contributed by atoms with Crippen LogP contribution in [0.4, 0.5) is 19.2 Å². The predicted octanol–water partition coefficient (Wildman–Crippen LogP) is 2.79. The van der Waals surface area contributed by atoms with Crippen LogP contribution in [-0.4, -0.2) is 68.5 Å². The molecule has 0 N–H and O–H groups in total. The molecule has 148 valence electrons. The van der Waals surface area contributed by atoms with Crippen molar-refractivity contribution in [2.45, 2.75) is 27.7 Å². The molecule has 1 aliphatic heterocycles. The van der Waals surface area contributed by atoms with Gasteiger partial charge < -0.3 is 18.9 Å². The summed E-state index contributed by atoms with van der Waals surface area (Å²) in [5.41, 5.74) is 0. The molecule has 0 unspecified atom stereocenters. The molecule has 1 rings (SSSR count). The molecule has 0 aliphatic carbocycles. The van der Waals surface area contributed by atoms with Crippen LogP contribution >= 0.6 is 24.3 Å². The van der Waals surface area contributed by atoms with Crippen LogP contribution in [0.25, 0.3) is 0 Å². The van der Waals surface area contributed by atoms with E-state index >= 15 is 0 Å². The Kier molecular flexibility index (Phi) is 8.98. The summed E-state index contributed by atoms with van der Waals surface area (Å²) in [7, 11) is 0. The van der Waals surface area contributed by atoms with E-state index in [2.05, 4.69) is 0 Å². The predicted molar refractivity (Wildman–Crippen MR) is 90.6 cm³/mol. The highest BCUT2D eigenvalue weighted by Gasteiger charge is 2.47. The number of amides is 4. The van der Waals surface area contributed by atoms with E-state index in [4.69, 9.17) is 18.9 Å². The van der Waals surface area contributed by atoms with Crippen LogP contribution in [0.3, 0.4) is 0 Å². The molecule has 0 aromatic rings. The van der Waals surface area contributed by atoms with Gasteiger partial charge in [0.25, 0.3) is 0 Å². The van der Waals surface area contributed by atoms with Gasteiger partial charge in [0.2, 0.25) is 0 Å². The van der Waals surface area contributed by atoms with E-state index in [1.807, 2.05) is 0 Å². The van der Waals surface area contributed by atoms with Gasteiger partial charge in [0.1, 0.15) is 24.3 Å². The summed E-state index contributed by atoms with van der Waals surface area (Å²) in [4.78, 5) is 48.6. The number of carbonyl (C=O) groups excluding carboxylic acids is 4. The van der Waals surface area contributed by atoms with E-state index in [-0.39, 0.29) is 26.4 Å². The number of carbonyl (C=O) groups is 4. The Balaban J connectivity index is 3.17. The maximum absolute atomic E-state index is 12.2. The molecule has 0 saturated carbocycles. The molecule has 14 heteroatoms. The number of ether oxygens (including phenoxy) is 4. The third-order valence-electron chi connectivity index (χ3n) is 2.34. The van der Waals surface area contributed by atoms with Crippen molar-refractivity contribution in [3.63, 3.8) is 0 Å². The SMILES string of the molecule is CCOC(=O)N1SN(C(=O)OCC)N(C(=O)OCC)SN1C(=O)OCC. The van der Waals surface area contributed by atoms with Gasteiger partial charge in [0.05, 0.1) is 26.4 Å². The molecule has 26 heavy (non-hydrogen) atoms. The zero-order valence-corrected chi connectivity index (χ0v) is 16.3. The summed E-state index contributed by atoms with van der Waals surface area (Å²) in [6, 6.07) is 0. The van der Waals surface area contributed by atoms with Crippen molar-refractivity contribution in [3.8, 4) is 0 Å². The van der Waals surface area contributed by atoms with Crippen LogP contribution in [0.1, 0.15) is 27.7 Å². The van der Waals surface area contributed by atoms with Gasteiger partial charge in [-0.05, 0) is 27.7 Å². The van der Waals surface area contributed by atoms with E-state index in [1.54, 1.807) is 27.7 Å². The van der Waals surface area contributed by atoms with Crippen LogP contribution < -0.4 is 0 Å². The number of hydrogen-bond acceptors (Lipinski definition) is 10. The maximum Gasteiger partial charge on any atom is 0.442 e. The van der Waals surface area contributed by atoms with Gasteiger partial charge in [0, 0.05) is 0 Å². The van der Waals surface area contributed by atoms with Crippen molar-refractivity contribution in [2.75, 3.05) is 26.4 Å². The maximum atomic E-state index is 12.2. The van der Waals surface area contributed by atoms with Gasteiger partial charge >= 0.3 is 24.4 Å². The molecular weight excluding hydrogens is 392 g/mol. The molecule has 1 heterocycles. The fraction of sp³-hybridized carbons (Fsp3) is 0.667. The number of hydrazine groups is 2. The lowest BCUT2D eigenvalue weighted by molar-refractivity contribution is 0.0428. The minimum Gasteiger partial charge on any atom is -0.448 e. The monoisotopic (exact) mass is 412 g/mol. The Labute approximate surface area is 159 Å². The highest BCUT2D eigenvalue weighted by Crippen LogP contribution is 2.38. The number of nitrogens with zero attached hydrogens (tertiary/aromatic N) is 4. The first kappa shape index (κ1) is 21.8. The highest BCUT2D eigenvalue weighted by molar-refractivity contribution is 8.01. The lowest BCUT2D eigenvalue weighted by Gasteiger charge is -2.41. The van der Waals surface area contributed by atoms with E-state index in [0.717, 1.165) is 17.7 Å². The smallest absolute Gasteiger partial charge is 0.442 e. The standard InChI is InChI=1S/C12H20N4O8S2/c1-5-21-9(17)13-14(10(18)22-6-2)26-16(12(20)24-8-4)15(25-13)11(19)23-7-3/h5-8H2,1-4H3. The van der Waals surface area contributed by atoms with Gasteiger partial charge in [-0.25, -0.2) is 19.2 Å². The van der Waals surface area contributed by atoms with Gasteiger partial charge in [-0.2, -0.15) is 0 Å². The Bertz CT molecular complexity index is 447. The highest BCUT2D eigenvalue weighted by atomic mass is 32.2. The minimum absolute atomic E-state index is 0.0260. The summed E-state index contributed by atoms with van der Waals surface area (Å²) in [5.74, 6) is 0. The number of hydrogen-bond donors (Lipinski definition) is 0. The molecule has 0 spiro atoms. The topological polar surface area (TPSA) is 118 Å². The summed E-state index contributed by atoms with van der Waals surface area (Å²) in [6.07, 6.45) is -3.79. The zero-order chi connectivity index (χ0) is 19.7.